The molecule has 1 aliphatic carbocycles. The third-order valence-electron chi connectivity index (χ3n) is 5.80. The molecule has 28 heavy (non-hydrogen) atoms. The van der Waals surface area contributed by atoms with E-state index in [0.717, 1.165) is 48.1 Å². The van der Waals surface area contributed by atoms with Crippen LogP contribution in [0.1, 0.15) is 78.7 Å². The molecule has 0 saturated heterocycles. The van der Waals surface area contributed by atoms with Gasteiger partial charge in [0, 0.05) is 23.2 Å². The molecule has 1 aromatic carbocycles. The molecule has 1 N–H and O–H groups in total. The highest BCUT2D eigenvalue weighted by Crippen LogP contribution is 2.44. The number of halogens is 1. The number of nitrogens with zero attached hydrogens (tertiary/aromatic N) is 2. The van der Waals surface area contributed by atoms with Crippen LogP contribution < -0.4 is 10.2 Å². The number of rotatable bonds is 4. The first kappa shape index (κ1) is 18.9. The topological polar surface area (TPSA) is 62.3 Å². The maximum Gasteiger partial charge on any atom is 0.259 e. The van der Waals surface area contributed by atoms with Gasteiger partial charge in [0.1, 0.15) is 0 Å². The summed E-state index contributed by atoms with van der Waals surface area (Å²) in [5.41, 5.74) is 4.69. The Labute approximate surface area is 170 Å². The van der Waals surface area contributed by atoms with E-state index in [0.29, 0.717) is 17.0 Å². The Bertz CT molecular complexity index is 943. The molecule has 0 radical (unpaired) electrons. The van der Waals surface area contributed by atoms with Crippen LogP contribution >= 0.6 is 11.6 Å². The third-order valence-corrected chi connectivity index (χ3v) is 6.03. The Morgan fingerprint density at radius 3 is 2.86 bits per heavy atom. The minimum atomic E-state index is -0.0555. The van der Waals surface area contributed by atoms with Crippen molar-refractivity contribution in [2.75, 3.05) is 4.90 Å². The van der Waals surface area contributed by atoms with Crippen LogP contribution in [0.5, 0.6) is 0 Å². The molecule has 4 rings (SSSR count). The number of pyridine rings is 1. The van der Waals surface area contributed by atoms with Crippen LogP contribution in [-0.4, -0.2) is 16.8 Å². The molecule has 0 bridgehead atoms. The molecule has 5 nitrogen and oxygen atoms in total. The average Bonchev–Trinajstić information content (AvgIpc) is 2.98. The van der Waals surface area contributed by atoms with Gasteiger partial charge in [-0.25, -0.2) is 0 Å². The lowest BCUT2D eigenvalue weighted by Gasteiger charge is -2.32. The second kappa shape index (κ2) is 7.55. The normalized spacial score (nSPS) is 20.7. The number of hydrogen-bond donors (Lipinski definition) is 1. The van der Waals surface area contributed by atoms with Crippen LogP contribution in [0, 0.1) is 0 Å². The minimum Gasteiger partial charge on any atom is -0.349 e. The number of fused-ring (bicyclic) bond motifs is 2. The van der Waals surface area contributed by atoms with Gasteiger partial charge in [0.2, 0.25) is 5.91 Å². The molecule has 1 aliphatic heterocycles. The fraction of sp³-hybridized carbons (Fsp3) is 0.409. The quantitative estimate of drug-likeness (QED) is 0.809. The largest absolute Gasteiger partial charge is 0.349 e. The van der Waals surface area contributed by atoms with E-state index in [2.05, 4.69) is 17.2 Å². The van der Waals surface area contributed by atoms with Gasteiger partial charge in [0.15, 0.2) is 0 Å². The summed E-state index contributed by atoms with van der Waals surface area (Å²) in [6.07, 6.45) is 7.61. The number of benzene rings is 1. The lowest BCUT2D eigenvalue weighted by Crippen LogP contribution is -2.33. The van der Waals surface area contributed by atoms with Crippen molar-refractivity contribution < 1.29 is 9.59 Å². The lowest BCUT2D eigenvalue weighted by molar-refractivity contribution is -0.121. The van der Waals surface area contributed by atoms with Crippen LogP contribution in [0.25, 0.3) is 0 Å². The van der Waals surface area contributed by atoms with Crippen molar-refractivity contribution in [1.82, 2.24) is 10.3 Å². The van der Waals surface area contributed by atoms with Gasteiger partial charge in [-0.1, -0.05) is 25.4 Å². The van der Waals surface area contributed by atoms with Gasteiger partial charge in [-0.15, -0.1) is 0 Å². The summed E-state index contributed by atoms with van der Waals surface area (Å²) < 4.78 is 0. The molecule has 2 amide bonds. The maximum atomic E-state index is 13.3. The monoisotopic (exact) mass is 397 g/mol. The van der Waals surface area contributed by atoms with E-state index < -0.39 is 0 Å². The number of anilines is 1. The standard InChI is InChI=1S/C22H24ClN3O2/c1-3-19-16-10-13(23)8-9-15(16)22(28)26(19)20-12-24-11-17-14(20)6-5-7-18(17)25-21(27)4-2/h8-12,18-19H,3-7H2,1-2H3,(H,25,27)/t18-,19+/m1/s1. The SMILES string of the molecule is CCC(=O)N[C@@H]1CCCc2c1cncc2N1C(=O)c2ccc(Cl)cc2[C@@H]1CC. The van der Waals surface area contributed by atoms with Gasteiger partial charge in [-0.05, 0) is 60.6 Å². The molecule has 6 heteroatoms. The van der Waals surface area contributed by atoms with E-state index in [1.807, 2.05) is 30.2 Å². The van der Waals surface area contributed by atoms with Crippen LogP contribution in [0.15, 0.2) is 30.6 Å². The van der Waals surface area contributed by atoms with E-state index in [-0.39, 0.29) is 23.9 Å². The van der Waals surface area contributed by atoms with E-state index in [9.17, 15) is 9.59 Å². The Morgan fingerprint density at radius 1 is 1.29 bits per heavy atom. The number of aromatic nitrogens is 1. The zero-order chi connectivity index (χ0) is 19.8. The summed E-state index contributed by atoms with van der Waals surface area (Å²) in [5, 5.41) is 3.74. The van der Waals surface area contributed by atoms with Gasteiger partial charge >= 0.3 is 0 Å². The smallest absolute Gasteiger partial charge is 0.259 e. The molecule has 0 saturated carbocycles. The van der Waals surface area contributed by atoms with Crippen molar-refractivity contribution in [3.8, 4) is 0 Å². The molecule has 0 unspecified atom stereocenters. The molecule has 1 aromatic heterocycles. The lowest BCUT2D eigenvalue weighted by atomic mass is 9.87. The summed E-state index contributed by atoms with van der Waals surface area (Å²) >= 11 is 6.20. The van der Waals surface area contributed by atoms with Crippen molar-refractivity contribution >= 4 is 29.1 Å². The number of carbonyl (C=O) groups excluding carboxylic acids is 2. The van der Waals surface area contributed by atoms with Gasteiger partial charge < -0.3 is 5.32 Å². The first-order chi connectivity index (χ1) is 13.5. The third kappa shape index (κ3) is 3.08. The van der Waals surface area contributed by atoms with Crippen LogP contribution in [0.2, 0.25) is 5.02 Å². The molecular formula is C22H24ClN3O2. The van der Waals surface area contributed by atoms with Gasteiger partial charge in [-0.3, -0.25) is 19.5 Å². The highest BCUT2D eigenvalue weighted by atomic mass is 35.5. The summed E-state index contributed by atoms with van der Waals surface area (Å²) in [4.78, 5) is 31.5. The number of hydrogen-bond acceptors (Lipinski definition) is 3. The number of carbonyl (C=O) groups is 2. The molecule has 0 fully saturated rings. The Hall–Kier alpha value is -2.40. The summed E-state index contributed by atoms with van der Waals surface area (Å²) in [7, 11) is 0. The van der Waals surface area contributed by atoms with Crippen LogP contribution in [0.4, 0.5) is 5.69 Å². The molecule has 2 heterocycles. The molecular weight excluding hydrogens is 374 g/mol. The van der Waals surface area contributed by atoms with Gasteiger partial charge in [-0.2, -0.15) is 0 Å². The number of nitrogens with one attached hydrogen (secondary N) is 1. The van der Waals surface area contributed by atoms with E-state index in [1.54, 1.807) is 12.3 Å². The van der Waals surface area contributed by atoms with Crippen molar-refractivity contribution in [2.45, 2.75) is 58.0 Å². The second-order valence-corrected chi connectivity index (χ2v) is 7.86. The average molecular weight is 398 g/mol. The van der Waals surface area contributed by atoms with Crippen LogP contribution in [-0.2, 0) is 11.2 Å². The summed E-state index contributed by atoms with van der Waals surface area (Å²) in [6, 6.07) is 5.38. The fourth-order valence-electron chi connectivity index (χ4n) is 4.45. The Balaban J connectivity index is 1.77. The molecule has 2 aromatic rings. The summed E-state index contributed by atoms with van der Waals surface area (Å²) in [6.45, 7) is 3.93. The zero-order valence-corrected chi connectivity index (χ0v) is 16.9. The van der Waals surface area contributed by atoms with Crippen molar-refractivity contribution in [3.63, 3.8) is 0 Å². The van der Waals surface area contributed by atoms with E-state index >= 15 is 0 Å². The predicted molar refractivity (Wildman–Crippen MR) is 110 cm³/mol. The number of amides is 2. The predicted octanol–water partition coefficient (Wildman–Crippen LogP) is 4.75. The summed E-state index contributed by atoms with van der Waals surface area (Å²) in [5.74, 6) is 0.0300. The second-order valence-electron chi connectivity index (χ2n) is 7.42. The molecule has 2 atom stereocenters. The first-order valence-corrected chi connectivity index (χ1v) is 10.3. The molecule has 2 aliphatic rings. The highest BCUT2D eigenvalue weighted by molar-refractivity contribution is 6.31. The van der Waals surface area contributed by atoms with Crippen LogP contribution in [0.3, 0.4) is 0 Å². The first-order valence-electron chi connectivity index (χ1n) is 9.94. The molecule has 0 spiro atoms. The molecule has 146 valence electrons. The van der Waals surface area contributed by atoms with Crippen molar-refractivity contribution in [3.05, 3.63) is 57.9 Å². The minimum absolute atomic E-state index is 0.00608. The van der Waals surface area contributed by atoms with Gasteiger partial charge in [0.05, 0.1) is 24.0 Å². The van der Waals surface area contributed by atoms with Crippen molar-refractivity contribution in [1.29, 1.82) is 0 Å². The highest BCUT2D eigenvalue weighted by Gasteiger charge is 2.39. The zero-order valence-electron chi connectivity index (χ0n) is 16.2. The van der Waals surface area contributed by atoms with Crippen molar-refractivity contribution in [2.24, 2.45) is 0 Å². The maximum absolute atomic E-state index is 13.3. The van der Waals surface area contributed by atoms with E-state index in [1.165, 1.54) is 0 Å². The Kier molecular flexibility index (Phi) is 5.11. The van der Waals surface area contributed by atoms with Gasteiger partial charge in [0.25, 0.3) is 5.91 Å². The Morgan fingerprint density at radius 2 is 2.11 bits per heavy atom. The van der Waals surface area contributed by atoms with E-state index in [4.69, 9.17) is 11.6 Å². The fourth-order valence-corrected chi connectivity index (χ4v) is 4.63.